The fourth-order valence-electron chi connectivity index (χ4n) is 1.81. The molecule has 2 rings (SSSR count). The molecule has 4 N–H and O–H groups in total. The van der Waals surface area contributed by atoms with E-state index in [1.807, 2.05) is 6.92 Å². The normalized spacial score (nSPS) is 10.0. The summed E-state index contributed by atoms with van der Waals surface area (Å²) >= 11 is 5.87. The SMILES string of the molecule is Cc1cc(Cl)ccc1NC(=O)c1ccc(NC(N)=O)cc1. The first-order valence-electron chi connectivity index (χ1n) is 6.20. The molecule has 0 aromatic heterocycles. The summed E-state index contributed by atoms with van der Waals surface area (Å²) in [4.78, 5) is 22.8. The van der Waals surface area contributed by atoms with Gasteiger partial charge in [0.1, 0.15) is 0 Å². The van der Waals surface area contributed by atoms with Gasteiger partial charge in [-0.15, -0.1) is 0 Å². The van der Waals surface area contributed by atoms with E-state index < -0.39 is 6.03 Å². The van der Waals surface area contributed by atoms with Crippen LogP contribution in [0.15, 0.2) is 42.5 Å². The van der Waals surface area contributed by atoms with Gasteiger partial charge >= 0.3 is 6.03 Å². The van der Waals surface area contributed by atoms with Gasteiger partial charge in [-0.3, -0.25) is 4.79 Å². The first kappa shape index (κ1) is 14.9. The van der Waals surface area contributed by atoms with Crippen LogP contribution in [-0.4, -0.2) is 11.9 Å². The number of hydrogen-bond donors (Lipinski definition) is 3. The molecule has 0 aliphatic heterocycles. The summed E-state index contributed by atoms with van der Waals surface area (Å²) in [6.07, 6.45) is 0. The van der Waals surface area contributed by atoms with Crippen molar-refractivity contribution >= 4 is 34.9 Å². The number of rotatable bonds is 3. The molecule has 21 heavy (non-hydrogen) atoms. The molecule has 0 heterocycles. The number of amides is 3. The first-order valence-corrected chi connectivity index (χ1v) is 6.57. The number of nitrogens with one attached hydrogen (secondary N) is 2. The molecule has 108 valence electrons. The van der Waals surface area contributed by atoms with Gasteiger partial charge in [-0.1, -0.05) is 11.6 Å². The molecule has 2 aromatic rings. The standard InChI is InChI=1S/C15H14ClN3O2/c1-9-8-11(16)4-7-13(9)19-14(20)10-2-5-12(6-3-10)18-15(17)21/h2-8H,1H3,(H,19,20)(H3,17,18,21). The molecule has 3 amide bonds. The van der Waals surface area contributed by atoms with Crippen LogP contribution >= 0.6 is 11.6 Å². The number of benzene rings is 2. The molecule has 5 nitrogen and oxygen atoms in total. The second-order valence-electron chi connectivity index (χ2n) is 4.48. The van der Waals surface area contributed by atoms with Crippen molar-refractivity contribution in [2.24, 2.45) is 5.73 Å². The fourth-order valence-corrected chi connectivity index (χ4v) is 2.04. The van der Waals surface area contributed by atoms with E-state index in [2.05, 4.69) is 10.6 Å². The number of halogens is 1. The maximum absolute atomic E-state index is 12.1. The lowest BCUT2D eigenvalue weighted by Crippen LogP contribution is -2.19. The predicted molar refractivity (Wildman–Crippen MR) is 83.8 cm³/mol. The van der Waals surface area contributed by atoms with E-state index in [9.17, 15) is 9.59 Å². The molecule has 0 aliphatic rings. The van der Waals surface area contributed by atoms with Crippen molar-refractivity contribution in [3.63, 3.8) is 0 Å². The largest absolute Gasteiger partial charge is 0.351 e. The highest BCUT2D eigenvalue weighted by Crippen LogP contribution is 2.20. The third kappa shape index (κ3) is 3.97. The molecule has 0 atom stereocenters. The van der Waals surface area contributed by atoms with E-state index in [0.29, 0.717) is 22.0 Å². The van der Waals surface area contributed by atoms with Crippen molar-refractivity contribution in [3.05, 3.63) is 58.6 Å². The number of carbonyl (C=O) groups excluding carboxylic acids is 2. The number of nitrogens with two attached hydrogens (primary N) is 1. The zero-order valence-electron chi connectivity index (χ0n) is 11.3. The lowest BCUT2D eigenvalue weighted by atomic mass is 10.1. The number of aryl methyl sites for hydroxylation is 1. The summed E-state index contributed by atoms with van der Waals surface area (Å²) in [6, 6.07) is 11.0. The van der Waals surface area contributed by atoms with E-state index in [4.69, 9.17) is 17.3 Å². The molecule has 0 unspecified atom stereocenters. The van der Waals surface area contributed by atoms with E-state index in [1.165, 1.54) is 0 Å². The molecular formula is C15H14ClN3O2. The number of anilines is 2. The van der Waals surface area contributed by atoms with Crippen LogP contribution in [0.2, 0.25) is 5.02 Å². The molecular weight excluding hydrogens is 290 g/mol. The van der Waals surface area contributed by atoms with Gasteiger partial charge < -0.3 is 16.4 Å². The Morgan fingerprint density at radius 2 is 1.71 bits per heavy atom. The summed E-state index contributed by atoms with van der Waals surface area (Å²) in [5.41, 5.74) is 7.59. The van der Waals surface area contributed by atoms with Crippen LogP contribution in [0.4, 0.5) is 16.2 Å². The van der Waals surface area contributed by atoms with Crippen molar-refractivity contribution in [2.75, 3.05) is 10.6 Å². The molecule has 0 saturated heterocycles. The van der Waals surface area contributed by atoms with Gasteiger partial charge in [0.05, 0.1) is 0 Å². The first-order chi connectivity index (χ1) is 9.95. The Kier molecular flexibility index (Phi) is 4.45. The Morgan fingerprint density at radius 3 is 2.29 bits per heavy atom. The summed E-state index contributed by atoms with van der Waals surface area (Å²) in [5.74, 6) is -0.244. The molecule has 2 aromatic carbocycles. The minimum Gasteiger partial charge on any atom is -0.351 e. The van der Waals surface area contributed by atoms with Gasteiger partial charge in [0.25, 0.3) is 5.91 Å². The Hall–Kier alpha value is -2.53. The van der Waals surface area contributed by atoms with Crippen molar-refractivity contribution in [3.8, 4) is 0 Å². The maximum atomic E-state index is 12.1. The Balaban J connectivity index is 2.11. The fraction of sp³-hybridized carbons (Fsp3) is 0.0667. The average molecular weight is 304 g/mol. The molecule has 0 spiro atoms. The Morgan fingerprint density at radius 1 is 1.05 bits per heavy atom. The minimum atomic E-state index is -0.649. The summed E-state index contributed by atoms with van der Waals surface area (Å²) < 4.78 is 0. The van der Waals surface area contributed by atoms with Crippen LogP contribution in [0.3, 0.4) is 0 Å². The molecule has 0 bridgehead atoms. The van der Waals surface area contributed by atoms with Crippen molar-refractivity contribution < 1.29 is 9.59 Å². The molecule has 6 heteroatoms. The number of carbonyl (C=O) groups is 2. The molecule has 0 saturated carbocycles. The minimum absolute atomic E-state index is 0.244. The third-order valence-corrected chi connectivity index (χ3v) is 3.09. The van der Waals surface area contributed by atoms with Gasteiger partial charge in [-0.05, 0) is 55.0 Å². The molecule has 0 fully saturated rings. The van der Waals surface area contributed by atoms with Gasteiger partial charge in [-0.2, -0.15) is 0 Å². The quantitative estimate of drug-likeness (QED) is 0.812. The van der Waals surface area contributed by atoms with Gasteiger partial charge in [0.15, 0.2) is 0 Å². The average Bonchev–Trinajstić information content (AvgIpc) is 2.42. The number of primary amides is 1. The second-order valence-corrected chi connectivity index (χ2v) is 4.92. The highest BCUT2D eigenvalue weighted by Gasteiger charge is 2.08. The zero-order chi connectivity index (χ0) is 15.4. The maximum Gasteiger partial charge on any atom is 0.316 e. The summed E-state index contributed by atoms with van der Waals surface area (Å²) in [5, 5.41) is 5.85. The predicted octanol–water partition coefficient (Wildman–Crippen LogP) is 3.39. The van der Waals surface area contributed by atoms with Crippen LogP contribution in [0.25, 0.3) is 0 Å². The van der Waals surface area contributed by atoms with Crippen LogP contribution in [0.1, 0.15) is 15.9 Å². The zero-order valence-corrected chi connectivity index (χ0v) is 12.1. The molecule has 0 aliphatic carbocycles. The highest BCUT2D eigenvalue weighted by molar-refractivity contribution is 6.30. The van der Waals surface area contributed by atoms with Gasteiger partial charge in [0.2, 0.25) is 0 Å². The van der Waals surface area contributed by atoms with Gasteiger partial charge in [-0.25, -0.2) is 4.79 Å². The smallest absolute Gasteiger partial charge is 0.316 e. The van der Waals surface area contributed by atoms with Gasteiger partial charge in [0, 0.05) is 22.0 Å². The second kappa shape index (κ2) is 6.28. The highest BCUT2D eigenvalue weighted by atomic mass is 35.5. The van der Waals surface area contributed by atoms with Crippen LogP contribution in [-0.2, 0) is 0 Å². The van der Waals surface area contributed by atoms with E-state index in [1.54, 1.807) is 42.5 Å². The van der Waals surface area contributed by atoms with Crippen molar-refractivity contribution in [1.29, 1.82) is 0 Å². The number of hydrogen-bond acceptors (Lipinski definition) is 2. The van der Waals surface area contributed by atoms with E-state index in [0.717, 1.165) is 5.56 Å². The lowest BCUT2D eigenvalue weighted by Gasteiger charge is -2.09. The Bertz CT molecular complexity index is 684. The Labute approximate surface area is 127 Å². The van der Waals surface area contributed by atoms with Crippen molar-refractivity contribution in [2.45, 2.75) is 6.92 Å². The monoisotopic (exact) mass is 303 g/mol. The van der Waals surface area contributed by atoms with Crippen LogP contribution in [0.5, 0.6) is 0 Å². The lowest BCUT2D eigenvalue weighted by molar-refractivity contribution is 0.102. The summed E-state index contributed by atoms with van der Waals surface area (Å²) in [6.45, 7) is 1.86. The van der Waals surface area contributed by atoms with E-state index in [-0.39, 0.29) is 5.91 Å². The van der Waals surface area contributed by atoms with Crippen LogP contribution < -0.4 is 16.4 Å². The summed E-state index contributed by atoms with van der Waals surface area (Å²) in [7, 11) is 0. The topological polar surface area (TPSA) is 84.2 Å². The third-order valence-electron chi connectivity index (χ3n) is 2.85. The molecule has 0 radical (unpaired) electrons. The van der Waals surface area contributed by atoms with Crippen LogP contribution in [0, 0.1) is 6.92 Å². The number of urea groups is 1. The van der Waals surface area contributed by atoms with E-state index >= 15 is 0 Å². The van der Waals surface area contributed by atoms with Crippen molar-refractivity contribution in [1.82, 2.24) is 0 Å².